The Morgan fingerprint density at radius 2 is 1.94 bits per heavy atom. The highest BCUT2D eigenvalue weighted by molar-refractivity contribution is 7.89. The van der Waals surface area contributed by atoms with Crippen molar-refractivity contribution in [2.24, 2.45) is 0 Å². The number of thiophene rings is 1. The van der Waals surface area contributed by atoms with Gasteiger partial charge < -0.3 is 18.9 Å². The van der Waals surface area contributed by atoms with Crippen LogP contribution in [0.3, 0.4) is 0 Å². The molecule has 188 valence electrons. The van der Waals surface area contributed by atoms with Crippen LogP contribution in [0.1, 0.15) is 24.0 Å². The zero-order chi connectivity index (χ0) is 24.7. The molecule has 0 aliphatic carbocycles. The smallest absolute Gasteiger partial charge is 0.247 e. The van der Waals surface area contributed by atoms with Crippen LogP contribution in [0.2, 0.25) is 0 Å². The predicted octanol–water partition coefficient (Wildman–Crippen LogP) is 4.76. The van der Waals surface area contributed by atoms with E-state index in [1.165, 1.54) is 30.2 Å². The third kappa shape index (κ3) is 6.55. The lowest BCUT2D eigenvalue weighted by Gasteiger charge is -2.26. The van der Waals surface area contributed by atoms with Crippen molar-refractivity contribution < 1.29 is 27.4 Å². The van der Waals surface area contributed by atoms with E-state index in [0.29, 0.717) is 24.7 Å². The Bertz CT molecular complexity index is 1190. The summed E-state index contributed by atoms with van der Waals surface area (Å²) in [6.45, 7) is 1.64. The average Bonchev–Trinajstić information content (AvgIpc) is 3.58. The molecule has 3 aromatic rings. The number of ether oxygens (including phenoxy) is 4. The minimum Gasteiger partial charge on any atom is -0.497 e. The molecular formula is C26H31NO6S2. The van der Waals surface area contributed by atoms with Crippen LogP contribution in [0.5, 0.6) is 17.2 Å². The van der Waals surface area contributed by atoms with Crippen LogP contribution in [0.25, 0.3) is 0 Å². The van der Waals surface area contributed by atoms with Gasteiger partial charge in [0, 0.05) is 32.2 Å². The third-order valence-electron chi connectivity index (χ3n) is 5.92. The lowest BCUT2D eigenvalue weighted by molar-refractivity contribution is 0.0925. The quantitative estimate of drug-likeness (QED) is 0.345. The molecule has 1 unspecified atom stereocenters. The van der Waals surface area contributed by atoms with Crippen LogP contribution < -0.4 is 14.2 Å². The maximum absolute atomic E-state index is 13.9. The first-order valence-electron chi connectivity index (χ1n) is 11.6. The van der Waals surface area contributed by atoms with Crippen molar-refractivity contribution in [3.63, 3.8) is 0 Å². The van der Waals surface area contributed by atoms with Gasteiger partial charge in [-0.05, 0) is 65.1 Å². The summed E-state index contributed by atoms with van der Waals surface area (Å²) in [6.07, 6.45) is 2.43. The van der Waals surface area contributed by atoms with Gasteiger partial charge in [-0.2, -0.15) is 15.6 Å². The molecule has 1 saturated heterocycles. The van der Waals surface area contributed by atoms with Gasteiger partial charge in [-0.15, -0.1) is 0 Å². The monoisotopic (exact) mass is 517 g/mol. The average molecular weight is 518 g/mol. The van der Waals surface area contributed by atoms with E-state index in [4.69, 9.17) is 18.9 Å². The van der Waals surface area contributed by atoms with E-state index >= 15 is 0 Å². The highest BCUT2D eigenvalue weighted by Crippen LogP contribution is 2.32. The topological polar surface area (TPSA) is 74.3 Å². The summed E-state index contributed by atoms with van der Waals surface area (Å²) >= 11 is 1.67. The molecule has 35 heavy (non-hydrogen) atoms. The molecule has 0 N–H and O–H groups in total. The Labute approximate surface area is 211 Å². The first kappa shape index (κ1) is 25.5. The van der Waals surface area contributed by atoms with Crippen LogP contribution in [-0.2, 0) is 27.7 Å². The standard InChI is InChI=1S/C26H31NO6S2/c1-30-22-8-9-25(31-2)26(16-22)35(28,29)27(18-24-7-4-12-32-24)17-21-5-3-6-23(15-21)33-13-10-20-11-14-34-19-20/h3,5-6,8-9,11,14-16,19,24H,4,7,10,12-13,17-18H2,1-2H3. The lowest BCUT2D eigenvalue weighted by atomic mass is 10.2. The highest BCUT2D eigenvalue weighted by atomic mass is 32.2. The summed E-state index contributed by atoms with van der Waals surface area (Å²) in [5.74, 6) is 1.43. The van der Waals surface area contributed by atoms with Gasteiger partial charge in [0.05, 0.1) is 26.9 Å². The fourth-order valence-electron chi connectivity index (χ4n) is 4.05. The van der Waals surface area contributed by atoms with Crippen LogP contribution in [-0.4, -0.2) is 52.8 Å². The highest BCUT2D eigenvalue weighted by Gasteiger charge is 2.32. The first-order chi connectivity index (χ1) is 17.0. The number of hydrogen-bond acceptors (Lipinski definition) is 7. The Balaban J connectivity index is 1.56. The molecule has 0 amide bonds. The number of rotatable bonds is 12. The van der Waals surface area contributed by atoms with Crippen LogP contribution >= 0.6 is 11.3 Å². The van der Waals surface area contributed by atoms with Crippen molar-refractivity contribution in [2.75, 3.05) is 34.0 Å². The molecule has 0 bridgehead atoms. The molecule has 0 saturated carbocycles. The van der Waals surface area contributed by atoms with Gasteiger partial charge >= 0.3 is 0 Å². The Morgan fingerprint density at radius 3 is 2.66 bits per heavy atom. The summed E-state index contributed by atoms with van der Waals surface area (Å²) in [4.78, 5) is 0.0699. The molecule has 2 heterocycles. The maximum atomic E-state index is 13.9. The number of hydrogen-bond donors (Lipinski definition) is 0. The summed E-state index contributed by atoms with van der Waals surface area (Å²) < 4.78 is 51.6. The van der Waals surface area contributed by atoms with E-state index in [-0.39, 0.29) is 29.8 Å². The molecule has 0 spiro atoms. The van der Waals surface area contributed by atoms with E-state index in [1.807, 2.05) is 24.3 Å². The van der Waals surface area contributed by atoms with Gasteiger partial charge in [0.25, 0.3) is 0 Å². The number of benzene rings is 2. The Kier molecular flexibility index (Phi) is 8.67. The second kappa shape index (κ2) is 11.9. The van der Waals surface area contributed by atoms with Crippen molar-refractivity contribution in [3.8, 4) is 17.2 Å². The minimum atomic E-state index is -3.91. The molecule has 2 aromatic carbocycles. The van der Waals surface area contributed by atoms with Crippen molar-refractivity contribution in [1.82, 2.24) is 4.31 Å². The molecule has 7 nitrogen and oxygen atoms in total. The zero-order valence-corrected chi connectivity index (χ0v) is 21.6. The Morgan fingerprint density at radius 1 is 1.06 bits per heavy atom. The van der Waals surface area contributed by atoms with Crippen molar-refractivity contribution in [3.05, 3.63) is 70.4 Å². The molecule has 1 aromatic heterocycles. The van der Waals surface area contributed by atoms with Gasteiger partial charge in [-0.1, -0.05) is 12.1 Å². The van der Waals surface area contributed by atoms with Gasteiger partial charge in [-0.25, -0.2) is 8.42 Å². The second-order valence-electron chi connectivity index (χ2n) is 8.33. The maximum Gasteiger partial charge on any atom is 0.247 e. The minimum absolute atomic E-state index is 0.0699. The van der Waals surface area contributed by atoms with Gasteiger partial charge in [0.15, 0.2) is 0 Å². The lowest BCUT2D eigenvalue weighted by Crippen LogP contribution is -2.37. The van der Waals surface area contributed by atoms with Gasteiger partial charge in [0.1, 0.15) is 22.1 Å². The number of nitrogens with zero attached hydrogens (tertiary/aromatic N) is 1. The molecule has 1 aliphatic heterocycles. The first-order valence-corrected chi connectivity index (χ1v) is 13.9. The number of sulfonamides is 1. The van der Waals surface area contributed by atoms with Gasteiger partial charge in [-0.3, -0.25) is 0 Å². The van der Waals surface area contributed by atoms with E-state index < -0.39 is 10.0 Å². The van der Waals surface area contributed by atoms with E-state index in [9.17, 15) is 8.42 Å². The van der Waals surface area contributed by atoms with Crippen molar-refractivity contribution in [2.45, 2.75) is 36.8 Å². The molecule has 1 atom stereocenters. The summed E-state index contributed by atoms with van der Waals surface area (Å²) in [6, 6.07) is 14.5. The van der Waals surface area contributed by atoms with Crippen molar-refractivity contribution in [1.29, 1.82) is 0 Å². The summed E-state index contributed by atoms with van der Waals surface area (Å²) in [7, 11) is -0.946. The van der Waals surface area contributed by atoms with E-state index in [0.717, 1.165) is 24.8 Å². The Hall–Kier alpha value is -2.59. The summed E-state index contributed by atoms with van der Waals surface area (Å²) in [5.41, 5.74) is 2.08. The normalized spacial score (nSPS) is 15.9. The SMILES string of the molecule is COc1ccc(OC)c(S(=O)(=O)N(Cc2cccc(OCCc3ccsc3)c2)CC2CCCO2)c1. The molecular weight excluding hydrogens is 486 g/mol. The third-order valence-corrected chi connectivity index (χ3v) is 8.48. The van der Waals surface area contributed by atoms with E-state index in [1.54, 1.807) is 23.5 Å². The fourth-order valence-corrected chi connectivity index (χ4v) is 6.38. The fraction of sp³-hybridized carbons (Fsp3) is 0.385. The summed E-state index contributed by atoms with van der Waals surface area (Å²) in [5, 5.41) is 4.16. The van der Waals surface area contributed by atoms with Crippen LogP contribution in [0.15, 0.2) is 64.2 Å². The molecule has 1 aliphatic rings. The molecule has 0 radical (unpaired) electrons. The predicted molar refractivity (Wildman–Crippen MR) is 136 cm³/mol. The van der Waals surface area contributed by atoms with E-state index in [2.05, 4.69) is 16.8 Å². The van der Waals surface area contributed by atoms with Crippen molar-refractivity contribution >= 4 is 21.4 Å². The van der Waals surface area contributed by atoms with Crippen LogP contribution in [0, 0.1) is 0 Å². The van der Waals surface area contributed by atoms with Crippen LogP contribution in [0.4, 0.5) is 0 Å². The second-order valence-corrected chi connectivity index (χ2v) is 11.0. The zero-order valence-electron chi connectivity index (χ0n) is 20.0. The molecule has 9 heteroatoms. The number of methoxy groups -OCH3 is 2. The molecule has 1 fully saturated rings. The van der Waals surface area contributed by atoms with Gasteiger partial charge in [0.2, 0.25) is 10.0 Å². The molecule has 4 rings (SSSR count). The largest absolute Gasteiger partial charge is 0.497 e.